The molecule has 0 spiro atoms. The van der Waals surface area contributed by atoms with Crippen LogP contribution in [-0.2, 0) is 9.48 Å². The Balaban J connectivity index is 1.88. The molecule has 2 rings (SSSR count). The highest BCUT2D eigenvalue weighted by molar-refractivity contribution is 7.81. The van der Waals surface area contributed by atoms with Gasteiger partial charge in [0.2, 0.25) is 0 Å². The number of nitrogens with zero attached hydrogens (tertiary/aromatic N) is 2. The van der Waals surface area contributed by atoms with Crippen molar-refractivity contribution in [2.75, 3.05) is 32.8 Å². The van der Waals surface area contributed by atoms with E-state index in [0.29, 0.717) is 0 Å². The van der Waals surface area contributed by atoms with Gasteiger partial charge in [-0.3, -0.25) is 9.88 Å². The largest absolute Gasteiger partial charge is 0.379 e. The van der Waals surface area contributed by atoms with Gasteiger partial charge in [-0.25, -0.2) is 0 Å². The van der Waals surface area contributed by atoms with E-state index >= 15 is 0 Å². The number of morpholine rings is 1. The molecule has 19 heavy (non-hydrogen) atoms. The molecule has 1 aliphatic rings. The highest BCUT2D eigenvalue weighted by atomic mass is 32.1. The fourth-order valence-electron chi connectivity index (χ4n) is 1.97. The topological polar surface area (TPSA) is 25.4 Å². The van der Waals surface area contributed by atoms with Crippen LogP contribution in [0.25, 0.3) is 6.08 Å². The summed E-state index contributed by atoms with van der Waals surface area (Å²) in [7, 11) is 0. The number of ether oxygens (including phenoxy) is 1. The number of hydrogen-bond donors (Lipinski definition) is 1. The van der Waals surface area contributed by atoms with Crippen molar-refractivity contribution < 1.29 is 4.74 Å². The highest BCUT2D eigenvalue weighted by Crippen LogP contribution is 2.26. The summed E-state index contributed by atoms with van der Waals surface area (Å²) >= 11 is 4.54. The molecule has 0 aliphatic carbocycles. The first kappa shape index (κ1) is 14.6. The normalized spacial score (nSPS) is 18.1. The number of pyridine rings is 1. The Bertz CT molecular complexity index is 417. The van der Waals surface area contributed by atoms with Gasteiger partial charge in [0.1, 0.15) is 0 Å². The van der Waals surface area contributed by atoms with Crippen LogP contribution in [0, 0.1) is 0 Å². The van der Waals surface area contributed by atoms with E-state index in [2.05, 4.69) is 54.6 Å². The first-order valence-electron chi connectivity index (χ1n) is 6.71. The summed E-state index contributed by atoms with van der Waals surface area (Å²) in [4.78, 5) is 6.83. The second-order valence-corrected chi connectivity index (χ2v) is 6.46. The minimum Gasteiger partial charge on any atom is -0.379 e. The highest BCUT2D eigenvalue weighted by Gasteiger charge is 2.14. The van der Waals surface area contributed by atoms with E-state index in [4.69, 9.17) is 4.74 Å². The molecule has 1 fully saturated rings. The fourth-order valence-corrected chi connectivity index (χ4v) is 2.10. The molecule has 0 saturated carbocycles. The van der Waals surface area contributed by atoms with Crippen molar-refractivity contribution in [1.82, 2.24) is 9.88 Å². The van der Waals surface area contributed by atoms with Crippen LogP contribution in [0.2, 0.25) is 0 Å². The van der Waals surface area contributed by atoms with Crippen LogP contribution in [0.1, 0.15) is 25.1 Å². The van der Waals surface area contributed by atoms with Crippen molar-refractivity contribution >= 4 is 18.7 Å². The summed E-state index contributed by atoms with van der Waals surface area (Å²) in [6, 6.07) is 4.14. The Labute approximate surface area is 121 Å². The average Bonchev–Trinajstić information content (AvgIpc) is 2.39. The summed E-state index contributed by atoms with van der Waals surface area (Å²) in [5, 5.41) is 0. The van der Waals surface area contributed by atoms with Crippen molar-refractivity contribution in [2.45, 2.75) is 18.6 Å². The first-order chi connectivity index (χ1) is 9.05. The maximum Gasteiger partial charge on any atom is 0.0627 e. The zero-order chi connectivity index (χ0) is 13.7. The van der Waals surface area contributed by atoms with Gasteiger partial charge < -0.3 is 4.74 Å². The lowest BCUT2D eigenvalue weighted by Gasteiger charge is -2.25. The minimum atomic E-state index is -0.136. The predicted molar refractivity (Wildman–Crippen MR) is 82.5 cm³/mol. The third-order valence-electron chi connectivity index (χ3n) is 3.25. The lowest BCUT2D eigenvalue weighted by atomic mass is 10.0. The molecule has 104 valence electrons. The molecular formula is C15H22N2OS. The van der Waals surface area contributed by atoms with Crippen LogP contribution in [-0.4, -0.2) is 42.7 Å². The second kappa shape index (κ2) is 6.55. The van der Waals surface area contributed by atoms with Crippen molar-refractivity contribution in [3.05, 3.63) is 35.7 Å². The lowest BCUT2D eigenvalue weighted by molar-refractivity contribution is 0.0435. The summed E-state index contributed by atoms with van der Waals surface area (Å²) < 4.78 is 5.19. The van der Waals surface area contributed by atoms with Gasteiger partial charge in [-0.05, 0) is 31.6 Å². The van der Waals surface area contributed by atoms with E-state index in [9.17, 15) is 0 Å². The van der Waals surface area contributed by atoms with Crippen LogP contribution in [0.3, 0.4) is 0 Å². The molecule has 1 aromatic heterocycles. The fraction of sp³-hybridized carbons (Fsp3) is 0.533. The van der Waals surface area contributed by atoms with Crippen LogP contribution in [0.5, 0.6) is 0 Å². The summed E-state index contributed by atoms with van der Waals surface area (Å²) in [6.07, 6.45) is 6.14. The van der Waals surface area contributed by atoms with Gasteiger partial charge in [0, 0.05) is 30.6 Å². The summed E-state index contributed by atoms with van der Waals surface area (Å²) in [5.41, 5.74) is 2.13. The predicted octanol–water partition coefficient (Wildman–Crippen LogP) is 2.59. The third kappa shape index (κ3) is 4.64. The van der Waals surface area contributed by atoms with E-state index < -0.39 is 0 Å². The van der Waals surface area contributed by atoms with E-state index in [1.54, 1.807) is 0 Å². The Kier molecular flexibility index (Phi) is 5.02. The Morgan fingerprint density at radius 1 is 1.37 bits per heavy atom. The molecule has 0 amide bonds. The number of rotatable bonds is 4. The average molecular weight is 278 g/mol. The zero-order valence-corrected chi connectivity index (χ0v) is 12.6. The molecule has 3 nitrogen and oxygen atoms in total. The van der Waals surface area contributed by atoms with Gasteiger partial charge in [-0.2, -0.15) is 12.6 Å². The van der Waals surface area contributed by atoms with Gasteiger partial charge in [-0.1, -0.05) is 12.1 Å². The van der Waals surface area contributed by atoms with Crippen LogP contribution < -0.4 is 0 Å². The molecule has 1 saturated heterocycles. The minimum absolute atomic E-state index is 0.136. The van der Waals surface area contributed by atoms with E-state index in [1.807, 2.05) is 12.3 Å². The van der Waals surface area contributed by atoms with Gasteiger partial charge in [0.05, 0.1) is 18.9 Å². The Morgan fingerprint density at radius 3 is 2.68 bits per heavy atom. The van der Waals surface area contributed by atoms with Gasteiger partial charge in [-0.15, -0.1) is 0 Å². The third-order valence-corrected chi connectivity index (χ3v) is 3.51. The molecular weight excluding hydrogens is 256 g/mol. The Hall–Kier alpha value is -0.840. The van der Waals surface area contributed by atoms with Crippen LogP contribution in [0.4, 0.5) is 0 Å². The quantitative estimate of drug-likeness (QED) is 0.857. The molecule has 4 heteroatoms. The molecule has 0 radical (unpaired) electrons. The standard InChI is InChI=1S/C15H22N2OS/c1-15(2,19)13-5-6-14(16-12-13)4-3-7-17-8-10-18-11-9-17/h3-6,12,19H,7-11H2,1-2H3/b4-3+. The molecule has 0 atom stereocenters. The SMILES string of the molecule is CC(C)(S)c1ccc(/C=C/CN2CCOCC2)nc1. The van der Waals surface area contributed by atoms with E-state index in [1.165, 1.54) is 0 Å². The summed E-state index contributed by atoms with van der Waals surface area (Å²) in [5.74, 6) is 0. The zero-order valence-electron chi connectivity index (χ0n) is 11.7. The van der Waals surface area contributed by atoms with Gasteiger partial charge in [0.25, 0.3) is 0 Å². The molecule has 0 unspecified atom stereocenters. The van der Waals surface area contributed by atoms with Gasteiger partial charge >= 0.3 is 0 Å². The van der Waals surface area contributed by atoms with Crippen molar-refractivity contribution in [3.8, 4) is 0 Å². The molecule has 0 aromatic carbocycles. The van der Waals surface area contributed by atoms with E-state index in [0.717, 1.165) is 44.1 Å². The van der Waals surface area contributed by atoms with Crippen LogP contribution >= 0.6 is 12.6 Å². The number of aromatic nitrogens is 1. The monoisotopic (exact) mass is 278 g/mol. The van der Waals surface area contributed by atoms with Crippen LogP contribution in [0.15, 0.2) is 24.4 Å². The number of thiol groups is 1. The summed E-state index contributed by atoms with van der Waals surface area (Å²) in [6.45, 7) is 8.83. The van der Waals surface area contributed by atoms with E-state index in [-0.39, 0.29) is 4.75 Å². The number of hydrogen-bond acceptors (Lipinski definition) is 4. The maximum absolute atomic E-state index is 5.32. The van der Waals surface area contributed by atoms with Gasteiger partial charge in [0.15, 0.2) is 0 Å². The maximum atomic E-state index is 5.32. The molecule has 1 aromatic rings. The Morgan fingerprint density at radius 2 is 2.11 bits per heavy atom. The second-order valence-electron chi connectivity index (χ2n) is 5.35. The first-order valence-corrected chi connectivity index (χ1v) is 7.16. The van der Waals surface area contributed by atoms with Crippen molar-refractivity contribution in [1.29, 1.82) is 0 Å². The molecule has 0 N–H and O–H groups in total. The smallest absolute Gasteiger partial charge is 0.0627 e. The molecule has 1 aliphatic heterocycles. The lowest BCUT2D eigenvalue weighted by Crippen LogP contribution is -2.36. The van der Waals surface area contributed by atoms with Crippen molar-refractivity contribution in [3.63, 3.8) is 0 Å². The molecule has 2 heterocycles. The van der Waals surface area contributed by atoms with Crippen molar-refractivity contribution in [2.24, 2.45) is 0 Å². The molecule has 0 bridgehead atoms.